The van der Waals surface area contributed by atoms with Gasteiger partial charge in [-0.25, -0.2) is 17.2 Å². The van der Waals surface area contributed by atoms with Gasteiger partial charge in [0.25, 0.3) is 0 Å². The Morgan fingerprint density at radius 2 is 1.98 bits per heavy atom. The van der Waals surface area contributed by atoms with Gasteiger partial charge in [-0.2, -0.15) is 9.97 Å². The topological polar surface area (TPSA) is 138 Å². The lowest BCUT2D eigenvalue weighted by Gasteiger charge is -2.31. The fourth-order valence-electron chi connectivity index (χ4n) is 7.52. The number of phenolic OH excluding ortho intramolecular Hbond substituents is 1. The lowest BCUT2D eigenvalue weighted by atomic mass is 9.95. The first-order chi connectivity index (χ1) is 23.5. The van der Waals surface area contributed by atoms with Crippen molar-refractivity contribution in [1.29, 1.82) is 0 Å². The van der Waals surface area contributed by atoms with E-state index in [4.69, 9.17) is 11.2 Å². The number of ether oxygens (including phenoxy) is 1. The summed E-state index contributed by atoms with van der Waals surface area (Å²) in [6.07, 6.45) is 12.0. The molecule has 0 radical (unpaired) electrons. The van der Waals surface area contributed by atoms with Crippen molar-refractivity contribution < 1.29 is 31.8 Å². The first kappa shape index (κ1) is 32.7. The van der Waals surface area contributed by atoms with E-state index in [0.29, 0.717) is 5.39 Å². The zero-order valence-corrected chi connectivity index (χ0v) is 27.4. The van der Waals surface area contributed by atoms with E-state index in [1.54, 1.807) is 4.90 Å². The largest absolute Gasteiger partial charge is 0.508 e. The number of terminal acetylenes is 1. The molecule has 3 aliphatic heterocycles. The van der Waals surface area contributed by atoms with Gasteiger partial charge < -0.3 is 20.1 Å². The highest BCUT2D eigenvalue weighted by Gasteiger charge is 2.45. The van der Waals surface area contributed by atoms with E-state index in [2.05, 4.69) is 37.7 Å². The van der Waals surface area contributed by atoms with E-state index in [9.17, 15) is 22.7 Å². The number of pyridine rings is 1. The number of nitrogens with one attached hydrogen (secondary N) is 1. The minimum absolute atomic E-state index is 0.00255. The standard InChI is InChI=1S/C35H34F2N6O5S/c1-3-24-27(36)8-7-21-15-23(44)16-25(29(21)24)31-30(37)32-26(17-38-31)33(42-13-14-49(46,47)19-22(18-42)39-28(45)4-2)41-34(40-32)48-20-35-9-5-11-43(35)12-6-10-35/h1,4,7-8,15-17,22,44H,2,5-6,9-14,18-20H2,(H,39,45)/t22-/m1/s1. The third-order valence-electron chi connectivity index (χ3n) is 9.78. The van der Waals surface area contributed by atoms with Gasteiger partial charge in [0.15, 0.2) is 15.7 Å². The number of fused-ring (bicyclic) bond motifs is 3. The number of hydrogen-bond donors (Lipinski definition) is 2. The molecule has 3 aliphatic rings. The van der Waals surface area contributed by atoms with E-state index in [0.717, 1.165) is 44.8 Å². The lowest BCUT2D eigenvalue weighted by molar-refractivity contribution is -0.116. The molecule has 49 heavy (non-hydrogen) atoms. The number of halogens is 2. The molecule has 11 nitrogen and oxygen atoms in total. The van der Waals surface area contributed by atoms with Gasteiger partial charge in [-0.1, -0.05) is 18.6 Å². The van der Waals surface area contributed by atoms with Gasteiger partial charge in [0.1, 0.15) is 35.2 Å². The maximum Gasteiger partial charge on any atom is 0.319 e. The van der Waals surface area contributed by atoms with Gasteiger partial charge in [-0.15, -0.1) is 6.42 Å². The van der Waals surface area contributed by atoms with Gasteiger partial charge >= 0.3 is 6.01 Å². The summed E-state index contributed by atoms with van der Waals surface area (Å²) in [6.45, 7) is 5.71. The molecule has 0 unspecified atom stereocenters. The number of hydrogen-bond acceptors (Lipinski definition) is 10. The van der Waals surface area contributed by atoms with Gasteiger partial charge in [-0.3, -0.25) is 14.7 Å². The molecular weight excluding hydrogens is 654 g/mol. The smallest absolute Gasteiger partial charge is 0.319 e. The van der Waals surface area contributed by atoms with Crippen LogP contribution < -0.4 is 15.0 Å². The van der Waals surface area contributed by atoms with Crippen LogP contribution in [-0.2, 0) is 14.6 Å². The molecule has 0 aliphatic carbocycles. The van der Waals surface area contributed by atoms with Crippen LogP contribution in [0.25, 0.3) is 32.9 Å². The Morgan fingerprint density at radius 1 is 1.20 bits per heavy atom. The highest BCUT2D eigenvalue weighted by Crippen LogP contribution is 2.41. The molecule has 3 fully saturated rings. The van der Waals surface area contributed by atoms with Crippen molar-refractivity contribution in [3.05, 3.63) is 60.3 Å². The number of amides is 1. The number of anilines is 1. The predicted octanol–water partition coefficient (Wildman–Crippen LogP) is 3.72. The highest BCUT2D eigenvalue weighted by atomic mass is 32.2. The van der Waals surface area contributed by atoms with Crippen molar-refractivity contribution in [2.24, 2.45) is 0 Å². The summed E-state index contributed by atoms with van der Waals surface area (Å²) in [7, 11) is -3.58. The molecule has 0 spiro atoms. The van der Waals surface area contributed by atoms with Crippen LogP contribution in [0, 0.1) is 24.0 Å². The van der Waals surface area contributed by atoms with E-state index >= 15 is 4.39 Å². The van der Waals surface area contributed by atoms with Crippen LogP contribution in [0.4, 0.5) is 14.6 Å². The van der Waals surface area contributed by atoms with Gasteiger partial charge in [0.05, 0.1) is 34.0 Å². The highest BCUT2D eigenvalue weighted by molar-refractivity contribution is 7.91. The summed E-state index contributed by atoms with van der Waals surface area (Å²) in [4.78, 5) is 29.9. The van der Waals surface area contributed by atoms with E-state index in [-0.39, 0.29) is 87.4 Å². The number of rotatable bonds is 7. The summed E-state index contributed by atoms with van der Waals surface area (Å²) in [6, 6.07) is 4.35. The third-order valence-corrected chi connectivity index (χ3v) is 11.5. The summed E-state index contributed by atoms with van der Waals surface area (Å²) in [5, 5.41) is 14.0. The lowest BCUT2D eigenvalue weighted by Crippen LogP contribution is -2.45. The molecule has 1 atom stereocenters. The van der Waals surface area contributed by atoms with Crippen molar-refractivity contribution in [3.63, 3.8) is 0 Å². The summed E-state index contributed by atoms with van der Waals surface area (Å²) >= 11 is 0. The van der Waals surface area contributed by atoms with Crippen LogP contribution in [0.2, 0.25) is 0 Å². The van der Waals surface area contributed by atoms with Gasteiger partial charge in [-0.05, 0) is 68.4 Å². The second-order valence-corrected chi connectivity index (χ2v) is 15.1. The van der Waals surface area contributed by atoms with Gasteiger partial charge in [0, 0.05) is 30.2 Å². The number of nitrogens with zero attached hydrogens (tertiary/aromatic N) is 5. The number of aromatic hydroxyl groups is 1. The number of carbonyl (C=O) groups excluding carboxylic acids is 1. The van der Waals surface area contributed by atoms with E-state index in [1.807, 2.05) is 0 Å². The van der Waals surface area contributed by atoms with Crippen LogP contribution in [-0.4, -0.2) is 95.2 Å². The Balaban J connectivity index is 1.39. The minimum atomic E-state index is -3.58. The van der Waals surface area contributed by atoms with Crippen LogP contribution in [0.3, 0.4) is 0 Å². The summed E-state index contributed by atoms with van der Waals surface area (Å²) in [5.74, 6) is -0.360. The summed E-state index contributed by atoms with van der Waals surface area (Å²) in [5.41, 5.74) is -0.642. The second-order valence-electron chi connectivity index (χ2n) is 12.8. The van der Waals surface area contributed by atoms with Crippen molar-refractivity contribution in [2.75, 3.05) is 49.2 Å². The Morgan fingerprint density at radius 3 is 2.71 bits per heavy atom. The SMILES string of the molecule is C#Cc1c(F)ccc2cc(O)cc(-c3ncc4c(N5CCS(=O)(=O)C[C@H](NC(=O)C=C)C5)nc(OCC56CCCN5CCC6)nc4c3F)c12. The maximum absolute atomic E-state index is 16.9. The fraction of sp³-hybridized carbons (Fsp3) is 0.371. The summed E-state index contributed by atoms with van der Waals surface area (Å²) < 4.78 is 63.8. The molecular formula is C35H34F2N6O5S. The van der Waals surface area contributed by atoms with Crippen molar-refractivity contribution in [3.8, 4) is 35.4 Å². The maximum atomic E-state index is 16.9. The number of sulfone groups is 1. The van der Waals surface area contributed by atoms with Crippen LogP contribution >= 0.6 is 0 Å². The van der Waals surface area contributed by atoms with Crippen LogP contribution in [0.5, 0.6) is 11.8 Å². The van der Waals surface area contributed by atoms with E-state index < -0.39 is 33.4 Å². The Hall–Kier alpha value is -4.87. The third kappa shape index (κ3) is 6.02. The first-order valence-corrected chi connectivity index (χ1v) is 17.9. The molecule has 4 aromatic rings. The molecule has 0 saturated carbocycles. The molecule has 2 aromatic carbocycles. The normalized spacial score (nSPS) is 20.1. The number of phenols is 1. The fourth-order valence-corrected chi connectivity index (χ4v) is 8.98. The minimum Gasteiger partial charge on any atom is -0.508 e. The molecule has 3 saturated heterocycles. The number of aromatic nitrogens is 3. The monoisotopic (exact) mass is 688 g/mol. The van der Waals surface area contributed by atoms with Crippen molar-refractivity contribution in [2.45, 2.75) is 37.3 Å². The Kier molecular flexibility index (Phi) is 8.36. The Bertz CT molecular complexity index is 2160. The zero-order chi connectivity index (χ0) is 34.5. The average Bonchev–Trinajstić information content (AvgIpc) is 3.61. The molecule has 14 heteroatoms. The average molecular weight is 689 g/mol. The van der Waals surface area contributed by atoms with Crippen LogP contribution in [0.1, 0.15) is 31.2 Å². The number of carbonyl (C=O) groups is 1. The van der Waals surface area contributed by atoms with Crippen molar-refractivity contribution in [1.82, 2.24) is 25.2 Å². The predicted molar refractivity (Wildman–Crippen MR) is 181 cm³/mol. The van der Waals surface area contributed by atoms with Crippen molar-refractivity contribution >= 4 is 43.2 Å². The number of benzene rings is 2. The van der Waals surface area contributed by atoms with Gasteiger partial charge in [0.2, 0.25) is 5.91 Å². The second kappa shape index (κ2) is 12.5. The Labute approximate surface area is 281 Å². The van der Waals surface area contributed by atoms with Crippen LogP contribution in [0.15, 0.2) is 43.1 Å². The molecule has 254 valence electrons. The first-order valence-electron chi connectivity index (χ1n) is 16.1. The molecule has 5 heterocycles. The van der Waals surface area contributed by atoms with E-state index in [1.165, 1.54) is 30.5 Å². The molecule has 1 amide bonds. The molecule has 7 rings (SSSR count). The molecule has 2 aromatic heterocycles. The molecule has 2 N–H and O–H groups in total. The zero-order valence-electron chi connectivity index (χ0n) is 26.6. The quantitative estimate of drug-likeness (QED) is 0.218. The molecule has 0 bridgehead atoms.